The number of tetrazole rings is 1. The standard InChI is InChI=1S/C14H14N6/c1-19(12-7-6-10-4-2-3-5-11(10)12)14-9-8-13-15-17-18-20(13)16-14/h2-5,8-9,12H,6-7H2,1H3. The second-order valence-corrected chi connectivity index (χ2v) is 5.08. The molecule has 0 bridgehead atoms. The lowest BCUT2D eigenvalue weighted by molar-refractivity contribution is 0.638. The SMILES string of the molecule is CN(c1ccc2nnnn2n1)C1CCc2ccccc21. The Morgan fingerprint density at radius 3 is 3.05 bits per heavy atom. The minimum Gasteiger partial charge on any atom is -0.351 e. The van der Waals surface area contributed by atoms with Crippen LogP contribution >= 0.6 is 0 Å². The molecular formula is C14H14N6. The fourth-order valence-corrected chi connectivity index (χ4v) is 2.92. The molecule has 0 N–H and O–H groups in total. The van der Waals surface area contributed by atoms with Crippen molar-refractivity contribution in [2.24, 2.45) is 0 Å². The molecule has 0 amide bonds. The highest BCUT2D eigenvalue weighted by molar-refractivity contribution is 5.48. The molecule has 6 heteroatoms. The molecule has 1 aliphatic rings. The maximum Gasteiger partial charge on any atom is 0.200 e. The van der Waals surface area contributed by atoms with Crippen molar-refractivity contribution in [3.05, 3.63) is 47.5 Å². The van der Waals surface area contributed by atoms with Gasteiger partial charge in [0.25, 0.3) is 0 Å². The van der Waals surface area contributed by atoms with Gasteiger partial charge in [0, 0.05) is 7.05 Å². The van der Waals surface area contributed by atoms with E-state index in [9.17, 15) is 0 Å². The van der Waals surface area contributed by atoms with Crippen molar-refractivity contribution >= 4 is 11.5 Å². The van der Waals surface area contributed by atoms with E-state index in [1.165, 1.54) is 15.8 Å². The highest BCUT2D eigenvalue weighted by atomic mass is 15.6. The minimum atomic E-state index is 0.368. The van der Waals surface area contributed by atoms with E-state index in [0.717, 1.165) is 18.7 Å². The monoisotopic (exact) mass is 266 g/mol. The van der Waals surface area contributed by atoms with E-state index in [-0.39, 0.29) is 0 Å². The average Bonchev–Trinajstić information content (AvgIpc) is 3.12. The summed E-state index contributed by atoms with van der Waals surface area (Å²) in [5, 5.41) is 15.8. The Morgan fingerprint density at radius 2 is 2.10 bits per heavy atom. The van der Waals surface area contributed by atoms with Crippen LogP contribution in [-0.4, -0.2) is 32.3 Å². The van der Waals surface area contributed by atoms with Gasteiger partial charge in [-0.15, -0.1) is 14.8 Å². The van der Waals surface area contributed by atoms with Crippen LogP contribution < -0.4 is 4.90 Å². The zero-order valence-corrected chi connectivity index (χ0v) is 11.1. The molecule has 1 aromatic carbocycles. The molecule has 0 saturated carbocycles. The Bertz CT molecular complexity index is 765. The van der Waals surface area contributed by atoms with Gasteiger partial charge in [-0.05, 0) is 46.5 Å². The molecule has 0 spiro atoms. The Balaban J connectivity index is 1.72. The van der Waals surface area contributed by atoms with E-state index in [1.807, 2.05) is 12.1 Å². The van der Waals surface area contributed by atoms with Crippen LogP contribution in [0.25, 0.3) is 5.65 Å². The highest BCUT2D eigenvalue weighted by Gasteiger charge is 2.26. The fourth-order valence-electron chi connectivity index (χ4n) is 2.92. The van der Waals surface area contributed by atoms with Gasteiger partial charge in [-0.1, -0.05) is 24.3 Å². The van der Waals surface area contributed by atoms with Crippen molar-refractivity contribution in [2.75, 3.05) is 11.9 Å². The smallest absolute Gasteiger partial charge is 0.200 e. The van der Waals surface area contributed by atoms with Crippen molar-refractivity contribution in [2.45, 2.75) is 18.9 Å². The number of hydrogen-bond acceptors (Lipinski definition) is 5. The Hall–Kier alpha value is -2.50. The van der Waals surface area contributed by atoms with Gasteiger partial charge in [0.15, 0.2) is 11.5 Å². The topological polar surface area (TPSA) is 59.2 Å². The zero-order valence-electron chi connectivity index (χ0n) is 11.1. The first-order valence-corrected chi connectivity index (χ1v) is 6.69. The predicted octanol–water partition coefficient (Wildman–Crippen LogP) is 1.64. The van der Waals surface area contributed by atoms with Gasteiger partial charge in [0.05, 0.1) is 6.04 Å². The average molecular weight is 266 g/mol. The third-order valence-corrected chi connectivity index (χ3v) is 3.99. The van der Waals surface area contributed by atoms with Crippen LogP contribution in [0.1, 0.15) is 23.6 Å². The molecule has 1 atom stereocenters. The molecule has 6 nitrogen and oxygen atoms in total. The summed E-state index contributed by atoms with van der Waals surface area (Å²) in [6, 6.07) is 12.8. The van der Waals surface area contributed by atoms with E-state index in [0.29, 0.717) is 11.7 Å². The maximum absolute atomic E-state index is 4.46. The summed E-state index contributed by atoms with van der Waals surface area (Å²) in [4.78, 5) is 2.20. The van der Waals surface area contributed by atoms with Gasteiger partial charge in [0.1, 0.15) is 0 Å². The summed E-state index contributed by atoms with van der Waals surface area (Å²) in [6.07, 6.45) is 2.24. The summed E-state index contributed by atoms with van der Waals surface area (Å²) in [5.41, 5.74) is 3.50. The zero-order chi connectivity index (χ0) is 13.5. The molecule has 0 aliphatic heterocycles. The van der Waals surface area contributed by atoms with Gasteiger partial charge in [-0.2, -0.15) is 0 Å². The van der Waals surface area contributed by atoms with Crippen molar-refractivity contribution in [3.8, 4) is 0 Å². The van der Waals surface area contributed by atoms with Gasteiger partial charge < -0.3 is 4.90 Å². The van der Waals surface area contributed by atoms with Crippen molar-refractivity contribution in [1.82, 2.24) is 25.3 Å². The lowest BCUT2D eigenvalue weighted by atomic mass is 10.1. The number of anilines is 1. The van der Waals surface area contributed by atoms with Crippen molar-refractivity contribution in [1.29, 1.82) is 0 Å². The molecule has 0 fully saturated rings. The van der Waals surface area contributed by atoms with Crippen LogP contribution in [-0.2, 0) is 6.42 Å². The molecular weight excluding hydrogens is 252 g/mol. The van der Waals surface area contributed by atoms with Gasteiger partial charge in [-0.25, -0.2) is 0 Å². The number of rotatable bonds is 2. The predicted molar refractivity (Wildman–Crippen MR) is 74.5 cm³/mol. The van der Waals surface area contributed by atoms with Gasteiger partial charge in [-0.3, -0.25) is 0 Å². The van der Waals surface area contributed by atoms with E-state index in [4.69, 9.17) is 0 Å². The third kappa shape index (κ3) is 1.65. The van der Waals surface area contributed by atoms with Crippen LogP contribution in [0, 0.1) is 0 Å². The lowest BCUT2D eigenvalue weighted by Crippen LogP contribution is -2.24. The first-order valence-electron chi connectivity index (χ1n) is 6.69. The maximum atomic E-state index is 4.46. The second kappa shape index (κ2) is 4.26. The first kappa shape index (κ1) is 11.3. The second-order valence-electron chi connectivity index (χ2n) is 5.08. The summed E-state index contributed by atoms with van der Waals surface area (Å²) in [5.74, 6) is 0.881. The Kier molecular flexibility index (Phi) is 2.42. The molecule has 20 heavy (non-hydrogen) atoms. The molecule has 3 aromatic rings. The lowest BCUT2D eigenvalue weighted by Gasteiger charge is -2.26. The summed E-state index contributed by atoms with van der Waals surface area (Å²) < 4.78 is 1.46. The Morgan fingerprint density at radius 1 is 1.20 bits per heavy atom. The summed E-state index contributed by atoms with van der Waals surface area (Å²) >= 11 is 0. The van der Waals surface area contributed by atoms with E-state index < -0.39 is 0 Å². The molecule has 1 unspecified atom stereocenters. The molecule has 1 aliphatic carbocycles. The number of nitrogens with zero attached hydrogens (tertiary/aromatic N) is 6. The van der Waals surface area contributed by atoms with Crippen LogP contribution in [0.5, 0.6) is 0 Å². The molecule has 0 saturated heterocycles. The number of aryl methyl sites for hydroxylation is 1. The summed E-state index contributed by atoms with van der Waals surface area (Å²) in [7, 11) is 2.07. The summed E-state index contributed by atoms with van der Waals surface area (Å²) in [6.45, 7) is 0. The van der Waals surface area contributed by atoms with Crippen molar-refractivity contribution in [3.63, 3.8) is 0 Å². The highest BCUT2D eigenvalue weighted by Crippen LogP contribution is 2.36. The Labute approximate surface area is 116 Å². The van der Waals surface area contributed by atoms with Crippen LogP contribution in [0.15, 0.2) is 36.4 Å². The molecule has 2 aromatic heterocycles. The number of aromatic nitrogens is 5. The van der Waals surface area contributed by atoms with E-state index in [2.05, 4.69) is 56.8 Å². The van der Waals surface area contributed by atoms with E-state index >= 15 is 0 Å². The van der Waals surface area contributed by atoms with Crippen LogP contribution in [0.2, 0.25) is 0 Å². The van der Waals surface area contributed by atoms with Crippen LogP contribution in [0.4, 0.5) is 5.82 Å². The largest absolute Gasteiger partial charge is 0.351 e. The number of hydrogen-bond donors (Lipinski definition) is 0. The van der Waals surface area contributed by atoms with Crippen molar-refractivity contribution < 1.29 is 0 Å². The van der Waals surface area contributed by atoms with E-state index in [1.54, 1.807) is 0 Å². The van der Waals surface area contributed by atoms with Gasteiger partial charge >= 0.3 is 0 Å². The quantitative estimate of drug-likeness (QED) is 0.705. The third-order valence-electron chi connectivity index (χ3n) is 3.99. The molecule has 100 valence electrons. The normalized spacial score (nSPS) is 17.4. The number of fused-ring (bicyclic) bond motifs is 2. The molecule has 4 rings (SSSR count). The molecule has 0 radical (unpaired) electrons. The fraction of sp³-hybridized carbons (Fsp3) is 0.286. The first-order chi connectivity index (χ1) is 9.83. The number of benzene rings is 1. The molecule has 2 heterocycles. The van der Waals surface area contributed by atoms with Crippen LogP contribution in [0.3, 0.4) is 0 Å². The van der Waals surface area contributed by atoms with Gasteiger partial charge in [0.2, 0.25) is 0 Å². The minimum absolute atomic E-state index is 0.368.